The number of amides is 1. The predicted octanol–water partition coefficient (Wildman–Crippen LogP) is 1.19. The van der Waals surface area contributed by atoms with Crippen molar-refractivity contribution in [3.63, 3.8) is 0 Å². The predicted molar refractivity (Wildman–Crippen MR) is 74.1 cm³/mol. The maximum Gasteiger partial charge on any atom is 0.310 e. The minimum absolute atomic E-state index is 0.0902. The van der Waals surface area contributed by atoms with Gasteiger partial charge < -0.3 is 15.2 Å². The van der Waals surface area contributed by atoms with Crippen molar-refractivity contribution in [2.45, 2.75) is 12.2 Å². The van der Waals surface area contributed by atoms with Crippen molar-refractivity contribution in [3.05, 3.63) is 46.5 Å². The maximum atomic E-state index is 12.3. The number of carbonyl (C=O) groups excluding carboxylic acids is 1. The summed E-state index contributed by atoms with van der Waals surface area (Å²) in [5.74, 6) is -3.30. The van der Waals surface area contributed by atoms with Crippen LogP contribution in [0, 0.1) is 22.0 Å². The first-order chi connectivity index (χ1) is 10.5. The van der Waals surface area contributed by atoms with Crippen molar-refractivity contribution in [2.24, 2.45) is 11.8 Å². The van der Waals surface area contributed by atoms with Gasteiger partial charge in [0.2, 0.25) is 5.91 Å². The fraction of sp³-hybridized carbons (Fsp3) is 0.286. The van der Waals surface area contributed by atoms with Crippen LogP contribution in [-0.2, 0) is 14.3 Å². The van der Waals surface area contributed by atoms with E-state index in [1.165, 1.54) is 24.3 Å². The first kappa shape index (κ1) is 14.2. The van der Waals surface area contributed by atoms with Gasteiger partial charge in [0.05, 0.1) is 23.0 Å². The second-order valence-electron chi connectivity index (χ2n) is 5.13. The average Bonchev–Trinajstić information content (AvgIpc) is 3.08. The third kappa shape index (κ3) is 2.33. The van der Waals surface area contributed by atoms with Crippen molar-refractivity contribution < 1.29 is 24.4 Å². The molecule has 0 saturated carbocycles. The molecule has 2 aliphatic rings. The smallest absolute Gasteiger partial charge is 0.310 e. The van der Waals surface area contributed by atoms with Crippen LogP contribution in [0.5, 0.6) is 0 Å². The number of nitrogens with one attached hydrogen (secondary N) is 1. The number of fused-ring (bicyclic) bond motifs is 2. The summed E-state index contributed by atoms with van der Waals surface area (Å²) in [5.41, 5.74) is 0.277. The number of hydrogen-bond donors (Lipinski definition) is 2. The molecule has 0 radical (unpaired) electrons. The van der Waals surface area contributed by atoms with Gasteiger partial charge in [-0.15, -0.1) is 0 Å². The van der Waals surface area contributed by atoms with Crippen molar-refractivity contribution in [1.82, 2.24) is 0 Å². The summed E-state index contributed by atoms with van der Waals surface area (Å²) in [4.78, 5) is 33.7. The van der Waals surface area contributed by atoms with Crippen molar-refractivity contribution in [2.75, 3.05) is 5.32 Å². The molecule has 2 aliphatic heterocycles. The Kier molecular flexibility index (Phi) is 3.38. The highest BCUT2D eigenvalue weighted by molar-refractivity contribution is 5.96. The van der Waals surface area contributed by atoms with Crippen LogP contribution in [0.25, 0.3) is 0 Å². The van der Waals surface area contributed by atoms with E-state index in [1.54, 1.807) is 12.2 Å². The number of aliphatic carboxylic acids is 1. The Bertz CT molecular complexity index is 668. The quantitative estimate of drug-likeness (QED) is 0.490. The molecule has 1 amide bonds. The van der Waals surface area contributed by atoms with Gasteiger partial charge in [-0.2, -0.15) is 0 Å². The summed E-state index contributed by atoms with van der Waals surface area (Å²) in [6.45, 7) is 0. The molecule has 0 unspecified atom stereocenters. The van der Waals surface area contributed by atoms with Gasteiger partial charge in [-0.05, 0) is 12.1 Å². The first-order valence-corrected chi connectivity index (χ1v) is 6.59. The summed E-state index contributed by atoms with van der Waals surface area (Å²) in [7, 11) is 0. The number of rotatable bonds is 4. The van der Waals surface area contributed by atoms with Crippen LogP contribution in [0.2, 0.25) is 0 Å². The van der Waals surface area contributed by atoms with Gasteiger partial charge in [-0.1, -0.05) is 12.2 Å². The number of ether oxygens (including phenoxy) is 1. The van der Waals surface area contributed by atoms with E-state index < -0.39 is 40.8 Å². The number of anilines is 1. The molecule has 1 aromatic carbocycles. The summed E-state index contributed by atoms with van der Waals surface area (Å²) in [5, 5.41) is 22.4. The number of carbonyl (C=O) groups is 2. The van der Waals surface area contributed by atoms with Crippen molar-refractivity contribution in [3.8, 4) is 0 Å². The average molecular weight is 304 g/mol. The zero-order chi connectivity index (χ0) is 15.9. The Balaban J connectivity index is 1.75. The molecule has 4 atom stereocenters. The molecule has 2 N–H and O–H groups in total. The Morgan fingerprint density at radius 3 is 2.27 bits per heavy atom. The highest BCUT2D eigenvalue weighted by Crippen LogP contribution is 2.39. The number of nitrogens with zero attached hydrogens (tertiary/aromatic N) is 1. The molecule has 1 saturated heterocycles. The van der Waals surface area contributed by atoms with Gasteiger partial charge in [0, 0.05) is 17.8 Å². The maximum absolute atomic E-state index is 12.3. The third-order valence-electron chi connectivity index (χ3n) is 3.83. The van der Waals surface area contributed by atoms with E-state index in [1.807, 2.05) is 0 Å². The van der Waals surface area contributed by atoms with Crippen molar-refractivity contribution in [1.29, 1.82) is 0 Å². The van der Waals surface area contributed by atoms with E-state index in [-0.39, 0.29) is 5.69 Å². The molecule has 22 heavy (non-hydrogen) atoms. The summed E-state index contributed by atoms with van der Waals surface area (Å²) < 4.78 is 5.43. The molecule has 2 heterocycles. The summed E-state index contributed by atoms with van der Waals surface area (Å²) in [6, 6.07) is 5.33. The molecule has 3 rings (SSSR count). The molecule has 1 fully saturated rings. The monoisotopic (exact) mass is 304 g/mol. The van der Waals surface area contributed by atoms with Crippen LogP contribution in [0.4, 0.5) is 11.4 Å². The van der Waals surface area contributed by atoms with E-state index >= 15 is 0 Å². The molecule has 1 aromatic rings. The molecule has 114 valence electrons. The lowest BCUT2D eigenvalue weighted by Gasteiger charge is -2.20. The Hall–Kier alpha value is -2.74. The van der Waals surface area contributed by atoms with Gasteiger partial charge >= 0.3 is 5.97 Å². The second-order valence-corrected chi connectivity index (χ2v) is 5.13. The number of non-ortho nitro benzene ring substituents is 1. The highest BCUT2D eigenvalue weighted by Gasteiger charge is 2.53. The number of nitro benzene ring substituents is 1. The largest absolute Gasteiger partial charge is 0.481 e. The van der Waals surface area contributed by atoms with Gasteiger partial charge in [-0.3, -0.25) is 19.7 Å². The van der Waals surface area contributed by atoms with E-state index in [4.69, 9.17) is 4.74 Å². The minimum atomic E-state index is -1.08. The normalized spacial score (nSPS) is 28.5. The summed E-state index contributed by atoms with van der Waals surface area (Å²) >= 11 is 0. The zero-order valence-corrected chi connectivity index (χ0v) is 11.2. The van der Waals surface area contributed by atoms with E-state index in [9.17, 15) is 24.8 Å². The van der Waals surface area contributed by atoms with Crippen LogP contribution in [0.15, 0.2) is 36.4 Å². The number of carboxylic acids is 1. The SMILES string of the molecule is O=C(Nc1ccc([N+](=O)[O-])cc1)[C@@H]1[C@H](C(=O)O)[C@H]2C=C[C@H]1O2. The van der Waals surface area contributed by atoms with Crippen LogP contribution in [-0.4, -0.2) is 34.1 Å². The van der Waals surface area contributed by atoms with Crippen molar-refractivity contribution >= 4 is 23.3 Å². The molecular weight excluding hydrogens is 292 g/mol. The molecule has 0 aromatic heterocycles. The molecule has 8 nitrogen and oxygen atoms in total. The van der Waals surface area contributed by atoms with Crippen LogP contribution in [0.1, 0.15) is 0 Å². The lowest BCUT2D eigenvalue weighted by molar-refractivity contribution is -0.384. The van der Waals surface area contributed by atoms with E-state index in [0.29, 0.717) is 5.69 Å². The van der Waals surface area contributed by atoms with Gasteiger partial charge in [0.1, 0.15) is 5.92 Å². The lowest BCUT2D eigenvalue weighted by Crippen LogP contribution is -2.39. The third-order valence-corrected chi connectivity index (χ3v) is 3.83. The van der Waals surface area contributed by atoms with Gasteiger partial charge in [-0.25, -0.2) is 0 Å². The summed E-state index contributed by atoms with van der Waals surface area (Å²) in [6.07, 6.45) is 2.20. The fourth-order valence-corrected chi connectivity index (χ4v) is 2.81. The first-order valence-electron chi connectivity index (χ1n) is 6.59. The van der Waals surface area contributed by atoms with Gasteiger partial charge in [0.25, 0.3) is 5.69 Å². The van der Waals surface area contributed by atoms with Crippen LogP contribution >= 0.6 is 0 Å². The number of carboxylic acid groups (broad SMARTS) is 1. The minimum Gasteiger partial charge on any atom is -0.481 e. The zero-order valence-electron chi connectivity index (χ0n) is 11.2. The number of nitro groups is 1. The Labute approximate surface area is 124 Å². The highest BCUT2D eigenvalue weighted by atomic mass is 16.6. The van der Waals surface area contributed by atoms with Gasteiger partial charge in [0.15, 0.2) is 0 Å². The van der Waals surface area contributed by atoms with Crippen LogP contribution < -0.4 is 5.32 Å². The molecule has 2 bridgehead atoms. The standard InChI is InChI=1S/C14H12N2O6/c17-13(15-7-1-3-8(4-2-7)16(20)21)11-9-5-6-10(22-9)12(11)14(18)19/h1-6,9-12H,(H,15,17)(H,18,19)/t9-,10-,11+,12-/m1/s1. The van der Waals surface area contributed by atoms with E-state index in [0.717, 1.165) is 0 Å². The number of hydrogen-bond acceptors (Lipinski definition) is 5. The van der Waals surface area contributed by atoms with Crippen LogP contribution in [0.3, 0.4) is 0 Å². The molecular formula is C14H12N2O6. The van der Waals surface area contributed by atoms with E-state index in [2.05, 4.69) is 5.32 Å². The Morgan fingerprint density at radius 2 is 1.73 bits per heavy atom. The topological polar surface area (TPSA) is 119 Å². The molecule has 8 heteroatoms. The lowest BCUT2D eigenvalue weighted by atomic mass is 9.82. The number of benzene rings is 1. The fourth-order valence-electron chi connectivity index (χ4n) is 2.81. The molecule has 0 spiro atoms. The Morgan fingerprint density at radius 1 is 1.14 bits per heavy atom. The second kappa shape index (κ2) is 5.23. The molecule has 0 aliphatic carbocycles.